The Bertz CT molecular complexity index is 1420. The molecule has 2 unspecified atom stereocenters. The Kier molecular flexibility index (Phi) is 11.2. The largest absolute Gasteiger partial charge is 0.480 e. The van der Waals surface area contributed by atoms with Gasteiger partial charge in [0.15, 0.2) is 0 Å². The van der Waals surface area contributed by atoms with Crippen molar-refractivity contribution in [1.82, 2.24) is 21.0 Å². The lowest BCUT2D eigenvalue weighted by Crippen LogP contribution is -2.71. The number of nitrogens with zero attached hydrogens (tertiary/aromatic N) is 2. The van der Waals surface area contributed by atoms with Gasteiger partial charge in [0.05, 0.1) is 0 Å². The number of carboxylic acid groups (broad SMARTS) is 1. The molecule has 13 heteroatoms. The van der Waals surface area contributed by atoms with Crippen LogP contribution in [0, 0.1) is 0 Å². The van der Waals surface area contributed by atoms with E-state index in [1.807, 2.05) is 0 Å². The van der Waals surface area contributed by atoms with Crippen LogP contribution in [0.4, 0.5) is 5.69 Å². The third kappa shape index (κ3) is 8.21. The van der Waals surface area contributed by atoms with Gasteiger partial charge < -0.3 is 26.0 Å². The molecule has 2 saturated heterocycles. The van der Waals surface area contributed by atoms with Crippen LogP contribution >= 0.6 is 11.8 Å². The van der Waals surface area contributed by atoms with E-state index >= 15 is 0 Å². The standard InChI is InChI=1S/C32H40N6O6S/c1-4-5-6-7-11-18-33-22-16-14-21(15-17-22)27(40)37-34-19-23(39)35-24(20-12-9-8-10-13-20)28(41)36-25-29(42)38-26(31(43)44)32(2,3)45-30(25)38/h8-10,12-17,19,24-26,30,33H,4-7,11,18H2,1-3H3,(H,35,39)(H,36,41)(H,37,40)(H,43,44)/b34-19+/t24?,25?,26-,30+/m0/s1. The van der Waals surface area contributed by atoms with E-state index < -0.39 is 57.8 Å². The number of nitrogens with one attached hydrogen (secondary N) is 4. The fourth-order valence-corrected chi connectivity index (χ4v) is 7.05. The summed E-state index contributed by atoms with van der Waals surface area (Å²) in [5, 5.41) is 21.4. The van der Waals surface area contributed by atoms with Gasteiger partial charge in [0.1, 0.15) is 29.7 Å². The quantitative estimate of drug-likeness (QED) is 0.0859. The Balaban J connectivity index is 1.31. The molecule has 0 bridgehead atoms. The van der Waals surface area contributed by atoms with Gasteiger partial charge in [-0.2, -0.15) is 5.10 Å². The van der Waals surface area contributed by atoms with Crippen molar-refractivity contribution in [2.75, 3.05) is 11.9 Å². The van der Waals surface area contributed by atoms with Crippen LogP contribution in [0.25, 0.3) is 0 Å². The highest BCUT2D eigenvalue weighted by Gasteiger charge is 2.64. The number of fused-ring (bicyclic) bond motifs is 1. The highest BCUT2D eigenvalue weighted by Crippen LogP contribution is 2.50. The topological polar surface area (TPSA) is 169 Å². The highest BCUT2D eigenvalue weighted by molar-refractivity contribution is 8.01. The molecule has 0 radical (unpaired) electrons. The Morgan fingerprint density at radius 2 is 1.71 bits per heavy atom. The number of rotatable bonds is 15. The second kappa shape index (κ2) is 15.1. The maximum atomic E-state index is 13.4. The fourth-order valence-electron chi connectivity index (χ4n) is 5.42. The van der Waals surface area contributed by atoms with E-state index in [1.165, 1.54) is 42.3 Å². The van der Waals surface area contributed by atoms with Gasteiger partial charge in [-0.25, -0.2) is 10.2 Å². The summed E-state index contributed by atoms with van der Waals surface area (Å²) in [6, 6.07) is 12.3. The molecular formula is C32H40N6O6S. The third-order valence-electron chi connectivity index (χ3n) is 7.76. The molecule has 4 amide bonds. The summed E-state index contributed by atoms with van der Waals surface area (Å²) in [6.07, 6.45) is 6.79. The first-order chi connectivity index (χ1) is 21.5. The van der Waals surface area contributed by atoms with Gasteiger partial charge in [-0.05, 0) is 50.1 Å². The molecule has 2 heterocycles. The normalized spacial score (nSPS) is 20.6. The van der Waals surface area contributed by atoms with Gasteiger partial charge in [0, 0.05) is 22.5 Å². The minimum absolute atomic E-state index is 0.361. The van der Waals surface area contributed by atoms with Crippen LogP contribution in [0.1, 0.15) is 74.8 Å². The van der Waals surface area contributed by atoms with Crippen LogP contribution in [0.2, 0.25) is 0 Å². The van der Waals surface area contributed by atoms with Crippen LogP contribution in [0.5, 0.6) is 0 Å². The molecule has 0 spiro atoms. The maximum absolute atomic E-state index is 13.4. The number of hydrazone groups is 1. The van der Waals surface area contributed by atoms with Crippen molar-refractivity contribution in [3.05, 3.63) is 65.7 Å². The number of unbranched alkanes of at least 4 members (excludes halogenated alkanes) is 4. The van der Waals surface area contributed by atoms with E-state index in [4.69, 9.17) is 0 Å². The summed E-state index contributed by atoms with van der Waals surface area (Å²) in [7, 11) is 0. The molecule has 2 aliphatic heterocycles. The predicted octanol–water partition coefficient (Wildman–Crippen LogP) is 3.27. The summed E-state index contributed by atoms with van der Waals surface area (Å²) in [6.45, 7) is 6.53. The summed E-state index contributed by atoms with van der Waals surface area (Å²) >= 11 is 1.31. The van der Waals surface area contributed by atoms with Crippen molar-refractivity contribution in [1.29, 1.82) is 0 Å². The number of benzene rings is 2. The van der Waals surface area contributed by atoms with Gasteiger partial charge >= 0.3 is 5.97 Å². The third-order valence-corrected chi connectivity index (χ3v) is 9.33. The van der Waals surface area contributed by atoms with E-state index in [1.54, 1.807) is 68.4 Å². The fraction of sp³-hybridized carbons (Fsp3) is 0.438. The number of hydrogen-bond acceptors (Lipinski definition) is 8. The molecule has 12 nitrogen and oxygen atoms in total. The van der Waals surface area contributed by atoms with Gasteiger partial charge in [-0.3, -0.25) is 19.2 Å². The molecule has 2 aromatic rings. The molecular weight excluding hydrogens is 596 g/mol. The number of amides is 4. The SMILES string of the molecule is CCCCCCCNc1ccc(C(=O)N/N=C/C(=O)NC(C(=O)NC2C(=O)N3[C@@H]2SC(C)(C)[C@@H]3C(=O)O)c2ccccc2)cc1. The molecule has 5 N–H and O–H groups in total. The van der Waals surface area contributed by atoms with Crippen molar-refractivity contribution in [2.24, 2.45) is 5.10 Å². The van der Waals surface area contributed by atoms with Crippen molar-refractivity contribution < 1.29 is 29.1 Å². The maximum Gasteiger partial charge on any atom is 0.327 e. The second-order valence-electron chi connectivity index (χ2n) is 11.6. The number of β-lactam (4-membered cyclic amide) rings is 1. The zero-order chi connectivity index (χ0) is 32.6. The first kappa shape index (κ1) is 33.5. The molecule has 4 atom stereocenters. The van der Waals surface area contributed by atoms with Crippen molar-refractivity contribution in [2.45, 2.75) is 81.1 Å². The predicted molar refractivity (Wildman–Crippen MR) is 173 cm³/mol. The molecule has 2 aliphatic rings. The Labute approximate surface area is 266 Å². The number of aliphatic carboxylic acids is 1. The van der Waals surface area contributed by atoms with Gasteiger partial charge in [0.2, 0.25) is 11.8 Å². The number of carboxylic acids is 1. The molecule has 4 rings (SSSR count). The number of anilines is 1. The van der Waals surface area contributed by atoms with Crippen molar-refractivity contribution in [3.63, 3.8) is 0 Å². The molecule has 2 fully saturated rings. The molecule has 45 heavy (non-hydrogen) atoms. The van der Waals surface area contributed by atoms with E-state index in [-0.39, 0.29) is 0 Å². The van der Waals surface area contributed by atoms with Gasteiger partial charge in [-0.1, -0.05) is 62.9 Å². The van der Waals surface area contributed by atoms with E-state index in [9.17, 15) is 29.1 Å². The molecule has 240 valence electrons. The molecule has 2 aromatic carbocycles. The van der Waals surface area contributed by atoms with Crippen LogP contribution in [0.3, 0.4) is 0 Å². The zero-order valence-corrected chi connectivity index (χ0v) is 26.4. The average Bonchev–Trinajstić information content (AvgIpc) is 3.28. The zero-order valence-electron chi connectivity index (χ0n) is 25.6. The Morgan fingerprint density at radius 3 is 2.38 bits per heavy atom. The monoisotopic (exact) mass is 636 g/mol. The van der Waals surface area contributed by atoms with E-state index in [0.717, 1.165) is 24.9 Å². The Morgan fingerprint density at radius 1 is 1.02 bits per heavy atom. The first-order valence-corrected chi connectivity index (χ1v) is 16.0. The highest BCUT2D eigenvalue weighted by atomic mass is 32.2. The lowest BCUT2D eigenvalue weighted by molar-refractivity contribution is -0.161. The van der Waals surface area contributed by atoms with Gasteiger partial charge in [-0.15, -0.1) is 11.8 Å². The van der Waals surface area contributed by atoms with Crippen LogP contribution in [0.15, 0.2) is 59.7 Å². The lowest BCUT2D eigenvalue weighted by atomic mass is 9.95. The Hall–Kier alpha value is -4.39. The molecule has 0 saturated carbocycles. The van der Waals surface area contributed by atoms with Crippen molar-refractivity contribution in [3.8, 4) is 0 Å². The minimum Gasteiger partial charge on any atom is -0.480 e. The van der Waals surface area contributed by atoms with Crippen LogP contribution < -0.4 is 21.4 Å². The van der Waals surface area contributed by atoms with Gasteiger partial charge in [0.25, 0.3) is 11.8 Å². The number of carbonyl (C=O) groups is 5. The van der Waals surface area contributed by atoms with Crippen molar-refractivity contribution >= 4 is 53.3 Å². The molecule has 0 aliphatic carbocycles. The minimum atomic E-state index is -1.18. The summed E-state index contributed by atoms with van der Waals surface area (Å²) in [4.78, 5) is 64.6. The number of carbonyl (C=O) groups excluding carboxylic acids is 4. The molecule has 0 aromatic heterocycles. The smallest absolute Gasteiger partial charge is 0.327 e. The van der Waals surface area contributed by atoms with Crippen LogP contribution in [-0.2, 0) is 19.2 Å². The summed E-state index contributed by atoms with van der Waals surface area (Å²) in [5.41, 5.74) is 4.04. The van der Waals surface area contributed by atoms with E-state index in [0.29, 0.717) is 11.1 Å². The second-order valence-corrected chi connectivity index (χ2v) is 13.3. The van der Waals surface area contributed by atoms with Crippen LogP contribution in [-0.4, -0.2) is 74.6 Å². The summed E-state index contributed by atoms with van der Waals surface area (Å²) in [5.74, 6) is -3.50. The number of thioether (sulfide) groups is 1. The average molecular weight is 637 g/mol. The lowest BCUT2D eigenvalue weighted by Gasteiger charge is -2.44. The summed E-state index contributed by atoms with van der Waals surface area (Å²) < 4.78 is -0.744. The van der Waals surface area contributed by atoms with E-state index in [2.05, 4.69) is 33.4 Å². The first-order valence-electron chi connectivity index (χ1n) is 15.1. The number of hydrogen-bond donors (Lipinski definition) is 5.